The highest BCUT2D eigenvalue weighted by atomic mass is 32.2. The third-order valence-electron chi connectivity index (χ3n) is 5.25. The SMILES string of the molecule is CN1CCN(S(=O)(=O)c2ccc(NCc3cc4cc(F)ccc4s3)c([N+](=O)[O-])c2)CC1. The van der Waals surface area contributed by atoms with Crippen LogP contribution in [0.25, 0.3) is 10.1 Å². The van der Waals surface area contributed by atoms with Crippen molar-refractivity contribution in [3.63, 3.8) is 0 Å². The van der Waals surface area contributed by atoms with Crippen LogP contribution in [0.2, 0.25) is 0 Å². The highest BCUT2D eigenvalue weighted by molar-refractivity contribution is 7.89. The number of nitro benzene ring substituents is 1. The molecule has 0 atom stereocenters. The quantitative estimate of drug-likeness (QED) is 0.443. The van der Waals surface area contributed by atoms with E-state index in [0.29, 0.717) is 32.7 Å². The van der Waals surface area contributed by atoms with E-state index in [2.05, 4.69) is 5.32 Å². The van der Waals surface area contributed by atoms with Crippen LogP contribution in [0.3, 0.4) is 0 Å². The number of nitrogens with one attached hydrogen (secondary N) is 1. The van der Waals surface area contributed by atoms with Gasteiger partial charge in [0.2, 0.25) is 10.0 Å². The number of thiophene rings is 1. The summed E-state index contributed by atoms with van der Waals surface area (Å²) in [6.07, 6.45) is 0. The van der Waals surface area contributed by atoms with Gasteiger partial charge in [0.15, 0.2) is 0 Å². The Morgan fingerprint density at radius 2 is 1.87 bits per heavy atom. The first-order chi connectivity index (χ1) is 14.7. The maximum atomic E-state index is 13.4. The van der Waals surface area contributed by atoms with Gasteiger partial charge in [-0.05, 0) is 48.8 Å². The predicted molar refractivity (Wildman–Crippen MR) is 118 cm³/mol. The van der Waals surface area contributed by atoms with Crippen molar-refractivity contribution < 1.29 is 17.7 Å². The summed E-state index contributed by atoms with van der Waals surface area (Å²) in [5.41, 5.74) is -0.0756. The van der Waals surface area contributed by atoms with Gasteiger partial charge in [0.1, 0.15) is 11.5 Å². The van der Waals surface area contributed by atoms with Gasteiger partial charge in [-0.1, -0.05) is 0 Å². The average Bonchev–Trinajstić information content (AvgIpc) is 3.14. The van der Waals surface area contributed by atoms with E-state index in [1.54, 1.807) is 6.07 Å². The lowest BCUT2D eigenvalue weighted by Gasteiger charge is -2.31. The van der Waals surface area contributed by atoms with Crippen LogP contribution in [0, 0.1) is 15.9 Å². The second-order valence-electron chi connectivity index (χ2n) is 7.39. The van der Waals surface area contributed by atoms with Gasteiger partial charge in [-0.3, -0.25) is 10.1 Å². The van der Waals surface area contributed by atoms with E-state index >= 15 is 0 Å². The van der Waals surface area contributed by atoms with E-state index in [-0.39, 0.29) is 22.1 Å². The van der Waals surface area contributed by atoms with Crippen molar-refractivity contribution in [3.8, 4) is 0 Å². The molecule has 3 aromatic rings. The van der Waals surface area contributed by atoms with Crippen molar-refractivity contribution in [2.75, 3.05) is 38.5 Å². The van der Waals surface area contributed by atoms with Gasteiger partial charge < -0.3 is 10.2 Å². The molecule has 0 saturated carbocycles. The van der Waals surface area contributed by atoms with Crippen LogP contribution in [0.5, 0.6) is 0 Å². The molecule has 2 heterocycles. The number of rotatable bonds is 6. The monoisotopic (exact) mass is 464 g/mol. The van der Waals surface area contributed by atoms with Crippen LogP contribution in [0.4, 0.5) is 15.8 Å². The molecular formula is C20H21FN4O4S2. The molecule has 2 aromatic carbocycles. The van der Waals surface area contributed by atoms with Crippen molar-refractivity contribution in [2.24, 2.45) is 0 Å². The van der Waals surface area contributed by atoms with Crippen molar-refractivity contribution in [2.45, 2.75) is 11.4 Å². The Hall–Kier alpha value is -2.60. The van der Waals surface area contributed by atoms with Gasteiger partial charge in [-0.2, -0.15) is 4.31 Å². The number of likely N-dealkylation sites (N-methyl/N-ethyl adjacent to an activating group) is 1. The van der Waals surface area contributed by atoms with Crippen LogP contribution in [-0.2, 0) is 16.6 Å². The summed E-state index contributed by atoms with van der Waals surface area (Å²) in [5, 5.41) is 15.4. The Balaban J connectivity index is 1.56. The summed E-state index contributed by atoms with van der Waals surface area (Å²) in [4.78, 5) is 13.8. The number of nitro groups is 1. The molecule has 8 nitrogen and oxygen atoms in total. The Labute approximate surface area is 183 Å². The zero-order valence-corrected chi connectivity index (χ0v) is 18.4. The summed E-state index contributed by atoms with van der Waals surface area (Å²) >= 11 is 1.46. The molecule has 0 radical (unpaired) electrons. The molecule has 1 aliphatic rings. The minimum Gasteiger partial charge on any atom is -0.375 e. The van der Waals surface area contributed by atoms with Crippen LogP contribution >= 0.6 is 11.3 Å². The molecule has 0 spiro atoms. The topological polar surface area (TPSA) is 95.8 Å². The minimum atomic E-state index is -3.81. The molecule has 0 bridgehead atoms. The fourth-order valence-corrected chi connectivity index (χ4v) is 5.92. The number of sulfonamides is 1. The zero-order chi connectivity index (χ0) is 22.2. The van der Waals surface area contributed by atoms with Gasteiger partial charge in [0, 0.05) is 48.4 Å². The first kappa shape index (κ1) is 21.6. The molecule has 164 valence electrons. The molecular weight excluding hydrogens is 443 g/mol. The molecule has 0 unspecified atom stereocenters. The lowest BCUT2D eigenvalue weighted by atomic mass is 10.2. The number of hydrogen-bond donors (Lipinski definition) is 1. The molecule has 11 heteroatoms. The van der Waals surface area contributed by atoms with E-state index in [0.717, 1.165) is 21.0 Å². The second kappa shape index (κ2) is 8.50. The lowest BCUT2D eigenvalue weighted by molar-refractivity contribution is -0.384. The number of hydrogen-bond acceptors (Lipinski definition) is 7. The molecule has 1 N–H and O–H groups in total. The highest BCUT2D eigenvalue weighted by Gasteiger charge is 2.29. The molecule has 0 amide bonds. The Morgan fingerprint density at radius 3 is 2.58 bits per heavy atom. The smallest absolute Gasteiger partial charge is 0.293 e. The van der Waals surface area contributed by atoms with Gasteiger partial charge >= 0.3 is 0 Å². The number of halogens is 1. The number of benzene rings is 2. The molecule has 4 rings (SSSR count). The van der Waals surface area contributed by atoms with Crippen LogP contribution in [0.15, 0.2) is 47.4 Å². The predicted octanol–water partition coefficient (Wildman–Crippen LogP) is 3.50. The number of anilines is 1. The molecule has 1 aromatic heterocycles. The van der Waals surface area contributed by atoms with Crippen LogP contribution in [-0.4, -0.2) is 55.8 Å². The Bertz CT molecular complexity index is 1240. The Morgan fingerprint density at radius 1 is 1.13 bits per heavy atom. The zero-order valence-electron chi connectivity index (χ0n) is 16.7. The molecule has 1 aliphatic heterocycles. The summed E-state index contributed by atoms with van der Waals surface area (Å²) in [7, 11) is -1.89. The third kappa shape index (κ3) is 4.54. The summed E-state index contributed by atoms with van der Waals surface area (Å²) in [6, 6.07) is 10.3. The van der Waals surface area contributed by atoms with E-state index in [1.165, 1.54) is 39.9 Å². The highest BCUT2D eigenvalue weighted by Crippen LogP contribution is 2.31. The van der Waals surface area contributed by atoms with Crippen molar-refractivity contribution in [1.82, 2.24) is 9.21 Å². The second-order valence-corrected chi connectivity index (χ2v) is 10.5. The van der Waals surface area contributed by atoms with E-state index < -0.39 is 14.9 Å². The third-order valence-corrected chi connectivity index (χ3v) is 8.26. The standard InChI is InChI=1S/C20H21FN4O4S2/c1-23-6-8-24(9-7-23)31(28,29)17-3-4-18(19(12-17)25(26)27)22-13-16-11-14-10-15(21)2-5-20(14)30-16/h2-5,10-12,22H,6-9,13H2,1H3. The van der Waals surface area contributed by atoms with Crippen molar-refractivity contribution >= 4 is 42.8 Å². The minimum absolute atomic E-state index is 0.0911. The maximum absolute atomic E-state index is 13.4. The summed E-state index contributed by atoms with van der Waals surface area (Å²) in [5.74, 6) is -0.322. The summed E-state index contributed by atoms with van der Waals surface area (Å²) in [6.45, 7) is 2.21. The molecule has 31 heavy (non-hydrogen) atoms. The van der Waals surface area contributed by atoms with Gasteiger partial charge in [0.05, 0.1) is 9.82 Å². The largest absolute Gasteiger partial charge is 0.375 e. The first-order valence-corrected chi connectivity index (χ1v) is 11.9. The maximum Gasteiger partial charge on any atom is 0.293 e. The van der Waals surface area contributed by atoms with Crippen LogP contribution in [0.1, 0.15) is 4.88 Å². The van der Waals surface area contributed by atoms with Crippen LogP contribution < -0.4 is 5.32 Å². The fraction of sp³-hybridized carbons (Fsp3) is 0.300. The van der Waals surface area contributed by atoms with Gasteiger partial charge in [-0.15, -0.1) is 11.3 Å². The van der Waals surface area contributed by atoms with E-state index in [4.69, 9.17) is 0 Å². The average molecular weight is 465 g/mol. The number of nitrogens with zero attached hydrogens (tertiary/aromatic N) is 3. The van der Waals surface area contributed by atoms with Gasteiger partial charge in [0.25, 0.3) is 5.69 Å². The van der Waals surface area contributed by atoms with E-state index in [1.807, 2.05) is 18.0 Å². The lowest BCUT2D eigenvalue weighted by Crippen LogP contribution is -2.47. The van der Waals surface area contributed by atoms with Crippen molar-refractivity contribution in [3.05, 3.63) is 63.3 Å². The number of fused-ring (bicyclic) bond motifs is 1. The Kier molecular flexibility index (Phi) is 5.93. The molecule has 0 aliphatic carbocycles. The van der Waals surface area contributed by atoms with Gasteiger partial charge in [-0.25, -0.2) is 12.8 Å². The van der Waals surface area contributed by atoms with Crippen molar-refractivity contribution in [1.29, 1.82) is 0 Å². The first-order valence-electron chi connectivity index (χ1n) is 9.63. The molecule has 1 fully saturated rings. The normalized spacial score (nSPS) is 15.9. The molecule has 1 saturated heterocycles. The fourth-order valence-electron chi connectivity index (χ4n) is 3.49. The van der Waals surface area contributed by atoms with E-state index in [9.17, 15) is 22.9 Å². The summed E-state index contributed by atoms with van der Waals surface area (Å²) < 4.78 is 41.5. The number of piperazine rings is 1.